The molecule has 1 aliphatic carbocycles. The molecule has 2 aromatic rings. The molecule has 2 saturated heterocycles. The molecule has 1 saturated carbocycles. The first-order chi connectivity index (χ1) is 18.4. The van der Waals surface area contributed by atoms with Crippen molar-refractivity contribution in [3.63, 3.8) is 0 Å². The molecule has 0 unspecified atom stereocenters. The molecular weight excluding hydrogens is 531 g/mol. The first-order valence-corrected chi connectivity index (χ1v) is 14.4. The Hall–Kier alpha value is -2.73. The van der Waals surface area contributed by atoms with E-state index in [-0.39, 0.29) is 51.6 Å². The fourth-order valence-electron chi connectivity index (χ4n) is 5.68. The van der Waals surface area contributed by atoms with Gasteiger partial charge in [-0.2, -0.15) is 13.2 Å². The zero-order valence-electron chi connectivity index (χ0n) is 22.3. The van der Waals surface area contributed by atoms with Crippen LogP contribution < -0.4 is 10.6 Å². The summed E-state index contributed by atoms with van der Waals surface area (Å²) >= 11 is 0.738. The van der Waals surface area contributed by atoms with Gasteiger partial charge in [-0.25, -0.2) is 9.97 Å². The molecule has 2 bridgehead atoms. The molecule has 0 spiro atoms. The molecule has 3 aliphatic rings. The zero-order chi connectivity index (χ0) is 28.1. The molecule has 8 nitrogen and oxygen atoms in total. The highest BCUT2D eigenvalue weighted by Crippen LogP contribution is 2.44. The van der Waals surface area contributed by atoms with Gasteiger partial charge in [0, 0.05) is 36.4 Å². The number of nitrogens with one attached hydrogen (secondary N) is 2. The van der Waals surface area contributed by atoms with Crippen LogP contribution in [0.1, 0.15) is 91.6 Å². The van der Waals surface area contributed by atoms with Crippen molar-refractivity contribution in [3.8, 4) is 10.4 Å². The van der Waals surface area contributed by atoms with Gasteiger partial charge in [-0.05, 0) is 70.8 Å². The highest BCUT2D eigenvalue weighted by Gasteiger charge is 2.45. The van der Waals surface area contributed by atoms with E-state index in [0.717, 1.165) is 68.5 Å². The van der Waals surface area contributed by atoms with Crippen molar-refractivity contribution in [1.29, 1.82) is 0 Å². The SMILES string of the molecule is CC[C@H](Nc1cc(C(F)(F)F)c(-c2sc(C(=O)NCC(C)(C)O)nc2C(=O)N2C3CCC2CC3)cn1)C1CC1. The van der Waals surface area contributed by atoms with Crippen LogP contribution >= 0.6 is 11.3 Å². The van der Waals surface area contributed by atoms with Gasteiger partial charge in [0.25, 0.3) is 11.8 Å². The van der Waals surface area contributed by atoms with Crippen molar-refractivity contribution in [2.45, 2.75) is 95.6 Å². The van der Waals surface area contributed by atoms with E-state index < -0.39 is 29.2 Å². The Kier molecular flexibility index (Phi) is 7.38. The Bertz CT molecular complexity index is 1230. The smallest absolute Gasteiger partial charge is 0.389 e. The van der Waals surface area contributed by atoms with Gasteiger partial charge in [-0.1, -0.05) is 6.92 Å². The highest BCUT2D eigenvalue weighted by atomic mass is 32.1. The van der Waals surface area contributed by atoms with E-state index in [1.54, 1.807) is 4.90 Å². The third-order valence-electron chi connectivity index (χ3n) is 7.81. The van der Waals surface area contributed by atoms with Gasteiger partial charge in [0.1, 0.15) is 11.5 Å². The fourth-order valence-corrected chi connectivity index (χ4v) is 6.67. The summed E-state index contributed by atoms with van der Waals surface area (Å²) < 4.78 is 43.2. The Balaban J connectivity index is 1.55. The number of carbonyl (C=O) groups excluding carboxylic acids is 2. The molecule has 2 aliphatic heterocycles. The standard InChI is InChI=1S/C27H34F3N5O3S/c1-4-19(14-5-6-14)33-20-11-18(27(28,29)30)17(12-31-20)22-21(25(37)35-15-7-8-16(35)10-9-15)34-24(39-22)23(36)32-13-26(2,3)38/h11-12,14-16,19,38H,4-10,13H2,1-3H3,(H,31,33)(H,32,36)/t15?,16?,19-/m0/s1. The van der Waals surface area contributed by atoms with Crippen LogP contribution in [0.5, 0.6) is 0 Å². The van der Waals surface area contributed by atoms with Gasteiger partial charge >= 0.3 is 6.18 Å². The average molecular weight is 566 g/mol. The van der Waals surface area contributed by atoms with Crippen molar-refractivity contribution < 1.29 is 27.9 Å². The van der Waals surface area contributed by atoms with E-state index >= 15 is 0 Å². The molecule has 0 aromatic carbocycles. The van der Waals surface area contributed by atoms with Crippen LogP contribution in [-0.2, 0) is 6.18 Å². The minimum absolute atomic E-state index is 0.0275. The van der Waals surface area contributed by atoms with E-state index in [0.29, 0.717) is 5.92 Å². The third-order valence-corrected chi connectivity index (χ3v) is 8.90. The molecule has 4 heterocycles. The maximum Gasteiger partial charge on any atom is 0.417 e. The molecule has 39 heavy (non-hydrogen) atoms. The number of rotatable bonds is 9. The normalized spacial score (nSPS) is 21.8. The molecule has 1 atom stereocenters. The van der Waals surface area contributed by atoms with Crippen molar-refractivity contribution in [1.82, 2.24) is 20.2 Å². The van der Waals surface area contributed by atoms with E-state index in [1.165, 1.54) is 13.8 Å². The summed E-state index contributed by atoms with van der Waals surface area (Å²) in [6.07, 6.45) is 2.66. The number of thiazole rings is 1. The zero-order valence-corrected chi connectivity index (χ0v) is 23.1. The maximum absolute atomic E-state index is 14.4. The highest BCUT2D eigenvalue weighted by molar-refractivity contribution is 7.17. The van der Waals surface area contributed by atoms with Crippen LogP contribution in [0.3, 0.4) is 0 Å². The molecule has 3 fully saturated rings. The van der Waals surface area contributed by atoms with Gasteiger partial charge < -0.3 is 20.6 Å². The van der Waals surface area contributed by atoms with Crippen LogP contribution in [-0.4, -0.2) is 62.1 Å². The number of aliphatic hydroxyl groups is 1. The van der Waals surface area contributed by atoms with Gasteiger partial charge in [-0.3, -0.25) is 9.59 Å². The molecular formula is C27H34F3N5O3S. The summed E-state index contributed by atoms with van der Waals surface area (Å²) in [5.74, 6) is -0.565. The monoisotopic (exact) mass is 565 g/mol. The first kappa shape index (κ1) is 27.8. The quantitative estimate of drug-likeness (QED) is 0.391. The fraction of sp³-hybridized carbons (Fsp3) is 0.630. The molecule has 3 N–H and O–H groups in total. The van der Waals surface area contributed by atoms with Crippen LogP contribution in [0.4, 0.5) is 19.0 Å². The topological polar surface area (TPSA) is 107 Å². The number of aromatic nitrogens is 2. The van der Waals surface area contributed by atoms with Crippen molar-refractivity contribution in [3.05, 3.63) is 28.5 Å². The minimum Gasteiger partial charge on any atom is -0.389 e. The van der Waals surface area contributed by atoms with E-state index in [1.807, 2.05) is 6.92 Å². The lowest BCUT2D eigenvalue weighted by molar-refractivity contribution is -0.137. The largest absolute Gasteiger partial charge is 0.417 e. The number of pyridine rings is 1. The third kappa shape index (κ3) is 5.91. The minimum atomic E-state index is -4.73. The number of hydrogen-bond acceptors (Lipinski definition) is 7. The van der Waals surface area contributed by atoms with E-state index in [4.69, 9.17) is 0 Å². The molecule has 5 rings (SSSR count). The Morgan fingerprint density at radius 2 is 1.79 bits per heavy atom. The van der Waals surface area contributed by atoms with Crippen LogP contribution in [0.2, 0.25) is 0 Å². The molecule has 0 radical (unpaired) electrons. The van der Waals surface area contributed by atoms with Gasteiger partial charge in [-0.15, -0.1) is 11.3 Å². The summed E-state index contributed by atoms with van der Waals surface area (Å²) in [6.45, 7) is 4.93. The predicted octanol–water partition coefficient (Wildman–Crippen LogP) is 5.09. The average Bonchev–Trinajstić information content (AvgIpc) is 3.32. The summed E-state index contributed by atoms with van der Waals surface area (Å²) in [5, 5.41) is 15.6. The van der Waals surface area contributed by atoms with Crippen molar-refractivity contribution in [2.24, 2.45) is 5.92 Å². The maximum atomic E-state index is 14.4. The van der Waals surface area contributed by atoms with Crippen molar-refractivity contribution >= 4 is 29.0 Å². The number of alkyl halides is 3. The number of anilines is 1. The predicted molar refractivity (Wildman–Crippen MR) is 142 cm³/mol. The number of hydrogen-bond donors (Lipinski definition) is 3. The molecule has 212 valence electrons. The number of amides is 2. The summed E-state index contributed by atoms with van der Waals surface area (Å²) in [4.78, 5) is 36.9. The number of nitrogens with zero attached hydrogens (tertiary/aromatic N) is 3. The number of fused-ring (bicyclic) bond motifs is 2. The van der Waals surface area contributed by atoms with Gasteiger partial charge in [0.05, 0.1) is 16.0 Å². The molecule has 12 heteroatoms. The second kappa shape index (κ2) is 10.3. The number of carbonyl (C=O) groups is 2. The van der Waals surface area contributed by atoms with Gasteiger partial charge in [0.2, 0.25) is 0 Å². The Morgan fingerprint density at radius 3 is 2.33 bits per heavy atom. The van der Waals surface area contributed by atoms with Crippen molar-refractivity contribution in [2.75, 3.05) is 11.9 Å². The second-order valence-electron chi connectivity index (χ2n) is 11.5. The van der Waals surface area contributed by atoms with Gasteiger partial charge in [0.15, 0.2) is 5.01 Å². The van der Waals surface area contributed by atoms with E-state index in [2.05, 4.69) is 20.6 Å². The molecule has 2 aromatic heterocycles. The van der Waals surface area contributed by atoms with Crippen LogP contribution in [0.15, 0.2) is 12.3 Å². The number of halogens is 3. The summed E-state index contributed by atoms with van der Waals surface area (Å²) in [6, 6.07) is 1.10. The lowest BCUT2D eigenvalue weighted by atomic mass is 10.0. The van der Waals surface area contributed by atoms with Crippen LogP contribution in [0, 0.1) is 5.92 Å². The first-order valence-electron chi connectivity index (χ1n) is 13.5. The lowest BCUT2D eigenvalue weighted by Gasteiger charge is -2.22. The Labute approximate surface area is 229 Å². The lowest BCUT2D eigenvalue weighted by Crippen LogP contribution is -2.38. The molecule has 2 amide bonds. The second-order valence-corrected chi connectivity index (χ2v) is 12.5. The Morgan fingerprint density at radius 1 is 1.15 bits per heavy atom. The summed E-state index contributed by atoms with van der Waals surface area (Å²) in [7, 11) is 0. The van der Waals surface area contributed by atoms with E-state index in [9.17, 15) is 27.9 Å². The van der Waals surface area contributed by atoms with Crippen LogP contribution in [0.25, 0.3) is 10.4 Å². The summed E-state index contributed by atoms with van der Waals surface area (Å²) in [5.41, 5.74) is -2.57.